The quantitative estimate of drug-likeness (QED) is 0.818. The molecule has 0 saturated carbocycles. The SMILES string of the molecule is CCOc1ccc(C(C)=O)cc1CN1CCC(CO)CC1. The first-order chi connectivity index (χ1) is 10.1. The zero-order chi connectivity index (χ0) is 15.2. The van der Waals surface area contributed by atoms with Crippen molar-refractivity contribution in [3.05, 3.63) is 29.3 Å². The van der Waals surface area contributed by atoms with E-state index in [9.17, 15) is 9.90 Å². The fourth-order valence-corrected chi connectivity index (χ4v) is 2.79. The predicted molar refractivity (Wildman–Crippen MR) is 82.7 cm³/mol. The molecule has 0 atom stereocenters. The second kappa shape index (κ2) is 7.57. The second-order valence-electron chi connectivity index (χ2n) is 5.71. The normalized spacial score (nSPS) is 16.9. The summed E-state index contributed by atoms with van der Waals surface area (Å²) in [6.07, 6.45) is 2.07. The Labute approximate surface area is 126 Å². The molecule has 1 aromatic carbocycles. The van der Waals surface area contributed by atoms with Crippen LogP contribution in [0.15, 0.2) is 18.2 Å². The Morgan fingerprint density at radius 1 is 1.38 bits per heavy atom. The van der Waals surface area contributed by atoms with Crippen LogP contribution in [0.3, 0.4) is 0 Å². The minimum Gasteiger partial charge on any atom is -0.494 e. The molecule has 0 bridgehead atoms. The largest absolute Gasteiger partial charge is 0.494 e. The van der Waals surface area contributed by atoms with E-state index in [1.165, 1.54) is 0 Å². The number of hydrogen-bond acceptors (Lipinski definition) is 4. The molecule has 116 valence electrons. The number of benzene rings is 1. The van der Waals surface area contributed by atoms with Gasteiger partial charge in [-0.2, -0.15) is 0 Å². The maximum absolute atomic E-state index is 11.6. The average Bonchev–Trinajstić information content (AvgIpc) is 2.50. The lowest BCUT2D eigenvalue weighted by molar-refractivity contribution is 0.101. The van der Waals surface area contributed by atoms with Crippen molar-refractivity contribution in [2.24, 2.45) is 5.92 Å². The molecule has 2 rings (SSSR count). The highest BCUT2D eigenvalue weighted by Gasteiger charge is 2.20. The molecule has 0 unspecified atom stereocenters. The van der Waals surface area contributed by atoms with Crippen LogP contribution in [0.1, 0.15) is 42.6 Å². The Kier molecular flexibility index (Phi) is 5.76. The maximum Gasteiger partial charge on any atom is 0.159 e. The molecule has 1 aliphatic rings. The minimum absolute atomic E-state index is 0.0817. The molecule has 1 N–H and O–H groups in total. The molecule has 0 amide bonds. The Morgan fingerprint density at radius 3 is 2.67 bits per heavy atom. The third kappa shape index (κ3) is 4.29. The third-order valence-electron chi connectivity index (χ3n) is 4.13. The minimum atomic E-state index is 0.0817. The van der Waals surface area contributed by atoms with Crippen molar-refractivity contribution in [2.45, 2.75) is 33.2 Å². The van der Waals surface area contributed by atoms with E-state index in [0.717, 1.165) is 49.4 Å². The van der Waals surface area contributed by atoms with Crippen molar-refractivity contribution in [3.8, 4) is 5.75 Å². The summed E-state index contributed by atoms with van der Waals surface area (Å²) in [4.78, 5) is 13.9. The summed E-state index contributed by atoms with van der Waals surface area (Å²) in [5.74, 6) is 1.39. The number of Topliss-reactive ketones (excluding diaryl/α,β-unsaturated/α-hetero) is 1. The van der Waals surface area contributed by atoms with Gasteiger partial charge in [0.05, 0.1) is 6.61 Å². The zero-order valence-electron chi connectivity index (χ0n) is 13.0. The lowest BCUT2D eigenvalue weighted by atomic mass is 9.97. The molecule has 1 saturated heterocycles. The topological polar surface area (TPSA) is 49.8 Å². The van der Waals surface area contributed by atoms with Gasteiger partial charge in [-0.15, -0.1) is 0 Å². The van der Waals surface area contributed by atoms with Crippen molar-refractivity contribution < 1.29 is 14.6 Å². The fourth-order valence-electron chi connectivity index (χ4n) is 2.79. The number of likely N-dealkylation sites (tertiary alicyclic amines) is 1. The highest BCUT2D eigenvalue weighted by molar-refractivity contribution is 5.94. The number of aliphatic hydroxyl groups is 1. The Morgan fingerprint density at radius 2 is 2.10 bits per heavy atom. The van der Waals surface area contributed by atoms with Crippen molar-refractivity contribution >= 4 is 5.78 Å². The lowest BCUT2D eigenvalue weighted by Gasteiger charge is -2.31. The molecule has 4 nitrogen and oxygen atoms in total. The van der Waals surface area contributed by atoms with E-state index < -0.39 is 0 Å². The van der Waals surface area contributed by atoms with Crippen LogP contribution in [-0.4, -0.2) is 42.1 Å². The van der Waals surface area contributed by atoms with E-state index in [-0.39, 0.29) is 12.4 Å². The summed E-state index contributed by atoms with van der Waals surface area (Å²) in [5.41, 5.74) is 1.81. The summed E-state index contributed by atoms with van der Waals surface area (Å²) in [7, 11) is 0. The number of ether oxygens (including phenoxy) is 1. The van der Waals surface area contributed by atoms with Crippen LogP contribution >= 0.6 is 0 Å². The van der Waals surface area contributed by atoms with Crippen molar-refractivity contribution in [1.82, 2.24) is 4.90 Å². The van der Waals surface area contributed by atoms with Gasteiger partial charge in [-0.05, 0) is 63.9 Å². The number of piperidine rings is 1. The Bertz CT molecular complexity index is 479. The molecule has 0 spiro atoms. The van der Waals surface area contributed by atoms with Crippen LogP contribution in [-0.2, 0) is 6.54 Å². The number of rotatable bonds is 6. The molecule has 1 aromatic rings. The monoisotopic (exact) mass is 291 g/mol. The van der Waals surface area contributed by atoms with Gasteiger partial charge < -0.3 is 9.84 Å². The molecule has 0 aromatic heterocycles. The van der Waals surface area contributed by atoms with Gasteiger partial charge in [-0.1, -0.05) is 0 Å². The number of carbonyl (C=O) groups is 1. The van der Waals surface area contributed by atoms with E-state index in [1.54, 1.807) is 6.92 Å². The number of carbonyl (C=O) groups excluding carboxylic acids is 1. The molecular weight excluding hydrogens is 266 g/mol. The zero-order valence-corrected chi connectivity index (χ0v) is 13.0. The highest BCUT2D eigenvalue weighted by Crippen LogP contribution is 2.25. The van der Waals surface area contributed by atoms with Gasteiger partial charge in [0.2, 0.25) is 0 Å². The predicted octanol–water partition coefficient (Wildman–Crippen LogP) is 2.49. The summed E-state index contributed by atoms with van der Waals surface area (Å²) < 4.78 is 5.68. The summed E-state index contributed by atoms with van der Waals surface area (Å²) in [6.45, 7) is 7.25. The number of hydrogen-bond donors (Lipinski definition) is 1. The van der Waals surface area contributed by atoms with Crippen LogP contribution < -0.4 is 4.74 Å². The molecular formula is C17H25NO3. The summed E-state index contributed by atoms with van der Waals surface area (Å²) in [6, 6.07) is 5.68. The van der Waals surface area contributed by atoms with E-state index in [0.29, 0.717) is 12.5 Å². The number of nitrogens with zero attached hydrogens (tertiary/aromatic N) is 1. The fraction of sp³-hybridized carbons (Fsp3) is 0.588. The number of ketones is 1. The molecule has 1 heterocycles. The first-order valence-electron chi connectivity index (χ1n) is 7.74. The maximum atomic E-state index is 11.6. The van der Waals surface area contributed by atoms with Crippen LogP contribution in [0.4, 0.5) is 0 Å². The van der Waals surface area contributed by atoms with Crippen LogP contribution in [0.25, 0.3) is 0 Å². The Balaban J connectivity index is 2.09. The lowest BCUT2D eigenvalue weighted by Crippen LogP contribution is -2.34. The first-order valence-corrected chi connectivity index (χ1v) is 7.74. The molecule has 1 aliphatic heterocycles. The molecule has 0 aliphatic carbocycles. The van der Waals surface area contributed by atoms with E-state index in [2.05, 4.69) is 4.90 Å². The van der Waals surface area contributed by atoms with Crippen molar-refractivity contribution in [2.75, 3.05) is 26.3 Å². The molecule has 0 radical (unpaired) electrons. The molecule has 21 heavy (non-hydrogen) atoms. The molecule has 4 heteroatoms. The van der Waals surface area contributed by atoms with Gasteiger partial charge in [0.1, 0.15) is 5.75 Å². The van der Waals surface area contributed by atoms with Crippen LogP contribution in [0, 0.1) is 5.92 Å². The van der Waals surface area contributed by atoms with Gasteiger partial charge in [-0.3, -0.25) is 9.69 Å². The highest BCUT2D eigenvalue weighted by atomic mass is 16.5. The smallest absolute Gasteiger partial charge is 0.159 e. The summed E-state index contributed by atoms with van der Waals surface area (Å²) in [5, 5.41) is 9.20. The van der Waals surface area contributed by atoms with Gasteiger partial charge in [-0.25, -0.2) is 0 Å². The molecule has 1 fully saturated rings. The van der Waals surface area contributed by atoms with Crippen molar-refractivity contribution in [3.63, 3.8) is 0 Å². The van der Waals surface area contributed by atoms with Gasteiger partial charge in [0.15, 0.2) is 5.78 Å². The van der Waals surface area contributed by atoms with E-state index in [4.69, 9.17) is 4.74 Å². The second-order valence-corrected chi connectivity index (χ2v) is 5.71. The van der Waals surface area contributed by atoms with Gasteiger partial charge in [0.25, 0.3) is 0 Å². The Hall–Kier alpha value is -1.39. The van der Waals surface area contributed by atoms with Gasteiger partial charge >= 0.3 is 0 Å². The van der Waals surface area contributed by atoms with Crippen LogP contribution in [0.5, 0.6) is 5.75 Å². The number of aliphatic hydroxyl groups excluding tert-OH is 1. The van der Waals surface area contributed by atoms with Crippen LogP contribution in [0.2, 0.25) is 0 Å². The van der Waals surface area contributed by atoms with Gasteiger partial charge in [0, 0.05) is 24.3 Å². The standard InChI is InChI=1S/C17H25NO3/c1-3-21-17-5-4-15(13(2)20)10-16(17)11-18-8-6-14(12-19)7-9-18/h4-5,10,14,19H,3,6-9,11-12H2,1-2H3. The first kappa shape index (κ1) is 16.0. The summed E-state index contributed by atoms with van der Waals surface area (Å²) >= 11 is 0. The van der Waals surface area contributed by atoms with E-state index in [1.807, 2.05) is 25.1 Å². The average molecular weight is 291 g/mol. The third-order valence-corrected chi connectivity index (χ3v) is 4.13. The van der Waals surface area contributed by atoms with E-state index >= 15 is 0 Å². The van der Waals surface area contributed by atoms with Crippen molar-refractivity contribution in [1.29, 1.82) is 0 Å².